The molecule has 0 saturated carbocycles. The molecule has 1 aromatic rings. The number of nitrogens with two attached hydrogens (primary N) is 1. The fourth-order valence-corrected chi connectivity index (χ4v) is 1.32. The van der Waals surface area contributed by atoms with Crippen LogP contribution in [0.4, 0.5) is 5.69 Å². The van der Waals surface area contributed by atoms with Gasteiger partial charge < -0.3 is 9.85 Å². The van der Waals surface area contributed by atoms with Gasteiger partial charge in [0.15, 0.2) is 0 Å². The van der Waals surface area contributed by atoms with Crippen LogP contribution in [0.2, 0.25) is 0 Å². The van der Waals surface area contributed by atoms with Crippen LogP contribution in [-0.2, 0) is 11.4 Å². The highest BCUT2D eigenvalue weighted by Gasteiger charge is 2.07. The van der Waals surface area contributed by atoms with Crippen molar-refractivity contribution < 1.29 is 4.84 Å². The summed E-state index contributed by atoms with van der Waals surface area (Å²) in [5, 5.41) is 4.93. The smallest absolute Gasteiger partial charge is 0.144 e. The van der Waals surface area contributed by atoms with Crippen LogP contribution in [0.25, 0.3) is 0 Å². The zero-order valence-electron chi connectivity index (χ0n) is 8.53. The molecule has 0 bridgehead atoms. The Labute approximate surface area is 83.9 Å². The average Bonchev–Trinajstić information content (AvgIpc) is 2.15. The second-order valence-corrected chi connectivity index (χ2v) is 3.09. The van der Waals surface area contributed by atoms with Crippen molar-refractivity contribution >= 4 is 12.4 Å². The van der Waals surface area contributed by atoms with Crippen molar-refractivity contribution in [2.75, 3.05) is 12.1 Å². The van der Waals surface area contributed by atoms with E-state index >= 15 is 0 Å². The molecule has 2 N–H and O–H groups in total. The van der Waals surface area contributed by atoms with Crippen LogP contribution in [0.15, 0.2) is 23.4 Å². The van der Waals surface area contributed by atoms with Crippen molar-refractivity contribution in [2.24, 2.45) is 11.0 Å². The Morgan fingerprint density at radius 2 is 2.29 bits per heavy atom. The minimum absolute atomic E-state index is 0.396. The summed E-state index contributed by atoms with van der Waals surface area (Å²) >= 11 is 0. The van der Waals surface area contributed by atoms with Crippen LogP contribution >= 0.6 is 0 Å². The Hall–Kier alpha value is -1.55. The predicted molar refractivity (Wildman–Crippen MR) is 58.1 cm³/mol. The Bertz CT molecular complexity index is 323. The van der Waals surface area contributed by atoms with E-state index in [1.165, 1.54) is 0 Å². The molecule has 0 aliphatic carbocycles. The van der Waals surface area contributed by atoms with Gasteiger partial charge in [-0.05, 0) is 18.6 Å². The Balaban J connectivity index is 3.02. The van der Waals surface area contributed by atoms with Crippen molar-refractivity contribution in [3.8, 4) is 0 Å². The van der Waals surface area contributed by atoms with Gasteiger partial charge in [0.2, 0.25) is 0 Å². The molecule has 4 nitrogen and oxygen atoms in total. The van der Waals surface area contributed by atoms with E-state index in [-0.39, 0.29) is 0 Å². The van der Waals surface area contributed by atoms with Gasteiger partial charge in [-0.3, -0.25) is 0 Å². The third-order valence-corrected chi connectivity index (χ3v) is 2.07. The molecule has 0 aliphatic rings. The molecule has 76 valence electrons. The quantitative estimate of drug-likeness (QED) is 0.447. The lowest BCUT2D eigenvalue weighted by Crippen LogP contribution is -2.26. The molecule has 0 heterocycles. The molecular formula is C10H15N3O. The SMILES string of the molecule is C=NOCc1c(C)cccc1N(C)N. The summed E-state index contributed by atoms with van der Waals surface area (Å²) in [5.74, 6) is 5.69. The van der Waals surface area contributed by atoms with Gasteiger partial charge in [0.25, 0.3) is 0 Å². The van der Waals surface area contributed by atoms with Gasteiger partial charge >= 0.3 is 0 Å². The number of hydrazine groups is 1. The van der Waals surface area contributed by atoms with Crippen molar-refractivity contribution in [3.63, 3.8) is 0 Å². The minimum Gasteiger partial charge on any atom is -0.391 e. The van der Waals surface area contributed by atoms with Crippen molar-refractivity contribution in [1.29, 1.82) is 0 Å². The Kier molecular flexibility index (Phi) is 3.48. The molecule has 0 aromatic heterocycles. The Morgan fingerprint density at radius 1 is 1.57 bits per heavy atom. The van der Waals surface area contributed by atoms with E-state index in [9.17, 15) is 0 Å². The molecule has 0 amide bonds. The second kappa shape index (κ2) is 4.62. The second-order valence-electron chi connectivity index (χ2n) is 3.09. The summed E-state index contributed by atoms with van der Waals surface area (Å²) in [5.41, 5.74) is 3.10. The van der Waals surface area contributed by atoms with E-state index in [0.717, 1.165) is 16.8 Å². The van der Waals surface area contributed by atoms with Gasteiger partial charge in [-0.25, -0.2) is 5.84 Å². The summed E-state index contributed by atoms with van der Waals surface area (Å²) in [6.45, 7) is 5.67. The summed E-state index contributed by atoms with van der Waals surface area (Å²) in [7, 11) is 1.79. The molecular weight excluding hydrogens is 178 g/mol. The number of rotatable bonds is 4. The lowest BCUT2D eigenvalue weighted by molar-refractivity contribution is 0.133. The fourth-order valence-electron chi connectivity index (χ4n) is 1.32. The number of nitrogens with zero attached hydrogens (tertiary/aromatic N) is 2. The first kappa shape index (κ1) is 10.5. The maximum Gasteiger partial charge on any atom is 0.144 e. The Morgan fingerprint density at radius 3 is 2.86 bits per heavy atom. The van der Waals surface area contributed by atoms with Crippen molar-refractivity contribution in [3.05, 3.63) is 29.3 Å². The normalized spacial score (nSPS) is 9.64. The highest BCUT2D eigenvalue weighted by molar-refractivity contribution is 5.54. The summed E-state index contributed by atoms with van der Waals surface area (Å²) < 4.78 is 0. The highest BCUT2D eigenvalue weighted by atomic mass is 16.6. The number of hydrogen-bond acceptors (Lipinski definition) is 4. The van der Waals surface area contributed by atoms with Crippen LogP contribution in [0.1, 0.15) is 11.1 Å². The number of anilines is 1. The standard InChI is InChI=1S/C10H15N3O/c1-8-5-4-6-10(13(3)11)9(8)7-14-12-2/h4-6H,2,7,11H2,1,3H3. The highest BCUT2D eigenvalue weighted by Crippen LogP contribution is 2.21. The molecule has 0 saturated heterocycles. The van der Waals surface area contributed by atoms with E-state index in [1.54, 1.807) is 12.1 Å². The average molecular weight is 193 g/mol. The summed E-state index contributed by atoms with van der Waals surface area (Å²) in [4.78, 5) is 4.92. The van der Waals surface area contributed by atoms with E-state index in [1.807, 2.05) is 25.1 Å². The maximum atomic E-state index is 5.69. The number of oxime groups is 1. The van der Waals surface area contributed by atoms with Gasteiger partial charge in [0.05, 0.1) is 5.69 Å². The summed E-state index contributed by atoms with van der Waals surface area (Å²) in [6, 6.07) is 5.91. The third kappa shape index (κ3) is 2.23. The molecule has 0 spiro atoms. The molecule has 0 radical (unpaired) electrons. The van der Waals surface area contributed by atoms with Crippen LogP contribution in [0, 0.1) is 6.92 Å². The van der Waals surface area contributed by atoms with Gasteiger partial charge in [0.1, 0.15) is 6.61 Å². The van der Waals surface area contributed by atoms with Gasteiger partial charge in [0, 0.05) is 19.3 Å². The molecule has 1 aromatic carbocycles. The van der Waals surface area contributed by atoms with Crippen LogP contribution in [-0.4, -0.2) is 13.8 Å². The minimum atomic E-state index is 0.396. The maximum absolute atomic E-state index is 5.69. The molecule has 0 aliphatic heterocycles. The van der Waals surface area contributed by atoms with Gasteiger partial charge in [-0.1, -0.05) is 12.1 Å². The van der Waals surface area contributed by atoms with Gasteiger partial charge in [-0.2, -0.15) is 0 Å². The van der Waals surface area contributed by atoms with Crippen molar-refractivity contribution in [2.45, 2.75) is 13.5 Å². The van der Waals surface area contributed by atoms with Gasteiger partial charge in [-0.15, -0.1) is 5.16 Å². The van der Waals surface area contributed by atoms with E-state index in [0.29, 0.717) is 6.61 Å². The van der Waals surface area contributed by atoms with E-state index < -0.39 is 0 Å². The topological polar surface area (TPSA) is 50.8 Å². The first-order valence-electron chi connectivity index (χ1n) is 4.31. The van der Waals surface area contributed by atoms with Crippen LogP contribution in [0.5, 0.6) is 0 Å². The largest absolute Gasteiger partial charge is 0.391 e. The molecule has 0 unspecified atom stereocenters. The van der Waals surface area contributed by atoms with E-state index in [2.05, 4.69) is 11.9 Å². The molecule has 0 atom stereocenters. The molecule has 0 fully saturated rings. The van der Waals surface area contributed by atoms with Crippen LogP contribution in [0.3, 0.4) is 0 Å². The first-order chi connectivity index (χ1) is 6.66. The zero-order chi connectivity index (χ0) is 10.6. The van der Waals surface area contributed by atoms with Crippen molar-refractivity contribution in [1.82, 2.24) is 0 Å². The molecule has 1 rings (SSSR count). The van der Waals surface area contributed by atoms with E-state index in [4.69, 9.17) is 10.7 Å². The molecule has 4 heteroatoms. The molecule has 14 heavy (non-hydrogen) atoms. The lowest BCUT2D eigenvalue weighted by atomic mass is 10.1. The monoisotopic (exact) mass is 193 g/mol. The summed E-state index contributed by atoms with van der Waals surface area (Å²) in [6.07, 6.45) is 0. The number of aryl methyl sites for hydroxylation is 1. The van der Waals surface area contributed by atoms with Crippen LogP contribution < -0.4 is 10.9 Å². The fraction of sp³-hybridized carbons (Fsp3) is 0.300. The number of benzene rings is 1. The third-order valence-electron chi connectivity index (χ3n) is 2.07. The number of hydrogen-bond donors (Lipinski definition) is 1. The lowest BCUT2D eigenvalue weighted by Gasteiger charge is -2.17. The predicted octanol–water partition coefficient (Wildman–Crippen LogP) is 1.44. The first-order valence-corrected chi connectivity index (χ1v) is 4.31. The zero-order valence-corrected chi connectivity index (χ0v) is 8.53.